The average Bonchev–Trinajstić information content (AvgIpc) is 3.36. The highest BCUT2D eigenvalue weighted by molar-refractivity contribution is 7.98. The smallest absolute Gasteiger partial charge is 0.277 e. The highest BCUT2D eigenvalue weighted by Gasteiger charge is 2.13. The maximum Gasteiger partial charge on any atom is 0.277 e. The summed E-state index contributed by atoms with van der Waals surface area (Å²) in [6.45, 7) is 6.87. The Balaban J connectivity index is 1.15. The van der Waals surface area contributed by atoms with E-state index in [0.29, 0.717) is 11.1 Å². The van der Waals surface area contributed by atoms with Gasteiger partial charge < -0.3 is 13.9 Å². The van der Waals surface area contributed by atoms with Crippen molar-refractivity contribution in [1.29, 1.82) is 0 Å². The van der Waals surface area contributed by atoms with Gasteiger partial charge in [0.25, 0.3) is 11.1 Å². The second kappa shape index (κ2) is 11.5. The van der Waals surface area contributed by atoms with Crippen LogP contribution in [0.15, 0.2) is 82.4 Å². The maximum atomic E-state index is 6.03. The molecule has 0 N–H and O–H groups in total. The van der Waals surface area contributed by atoms with Crippen LogP contribution in [0.1, 0.15) is 22.6 Å². The van der Waals surface area contributed by atoms with E-state index in [1.165, 1.54) is 16.7 Å². The van der Waals surface area contributed by atoms with E-state index in [1.807, 2.05) is 30.3 Å². The van der Waals surface area contributed by atoms with E-state index in [0.717, 1.165) is 55.5 Å². The van der Waals surface area contributed by atoms with Crippen LogP contribution in [0.2, 0.25) is 0 Å². The minimum absolute atomic E-state index is 0.238. The molecule has 2 heterocycles. The van der Waals surface area contributed by atoms with Gasteiger partial charge in [-0.3, -0.25) is 4.90 Å². The highest BCUT2D eigenvalue weighted by Crippen LogP contribution is 2.30. The number of morpholine rings is 1. The molecule has 0 unspecified atom stereocenters. The van der Waals surface area contributed by atoms with Crippen molar-refractivity contribution in [3.05, 3.63) is 95.4 Å². The summed E-state index contributed by atoms with van der Waals surface area (Å²) < 4.78 is 17.3. The molecule has 3 aromatic carbocycles. The van der Waals surface area contributed by atoms with E-state index in [9.17, 15) is 0 Å². The quantitative estimate of drug-likeness (QED) is 0.279. The monoisotopic (exact) mass is 487 g/mol. The Morgan fingerprint density at radius 1 is 0.914 bits per heavy atom. The number of aromatic nitrogens is 2. The molecule has 180 valence electrons. The van der Waals surface area contributed by atoms with E-state index in [1.54, 1.807) is 11.8 Å². The minimum Gasteiger partial charge on any atom is -0.484 e. The molecule has 0 bridgehead atoms. The number of benzene rings is 3. The van der Waals surface area contributed by atoms with Gasteiger partial charge in [0.2, 0.25) is 0 Å². The first-order valence-corrected chi connectivity index (χ1v) is 12.8. The van der Waals surface area contributed by atoms with Gasteiger partial charge in [0.1, 0.15) is 5.75 Å². The van der Waals surface area contributed by atoms with Gasteiger partial charge >= 0.3 is 0 Å². The van der Waals surface area contributed by atoms with Gasteiger partial charge in [0.05, 0.1) is 13.2 Å². The van der Waals surface area contributed by atoms with Gasteiger partial charge in [-0.05, 0) is 40.8 Å². The molecule has 1 saturated heterocycles. The van der Waals surface area contributed by atoms with Crippen LogP contribution in [-0.2, 0) is 23.6 Å². The molecule has 35 heavy (non-hydrogen) atoms. The van der Waals surface area contributed by atoms with Crippen LogP contribution in [0.5, 0.6) is 5.75 Å². The first-order chi connectivity index (χ1) is 17.2. The third kappa shape index (κ3) is 6.31. The van der Waals surface area contributed by atoms with Crippen LogP contribution in [0, 0.1) is 6.92 Å². The fourth-order valence-corrected chi connectivity index (χ4v) is 4.90. The van der Waals surface area contributed by atoms with E-state index in [-0.39, 0.29) is 6.61 Å². The molecule has 1 fully saturated rings. The summed E-state index contributed by atoms with van der Waals surface area (Å²) in [6, 6.07) is 25.1. The Morgan fingerprint density at radius 2 is 1.71 bits per heavy atom. The summed E-state index contributed by atoms with van der Waals surface area (Å²) in [5, 5.41) is 8.91. The van der Waals surface area contributed by atoms with E-state index in [4.69, 9.17) is 13.9 Å². The van der Waals surface area contributed by atoms with Gasteiger partial charge in [-0.2, -0.15) is 0 Å². The van der Waals surface area contributed by atoms with E-state index >= 15 is 0 Å². The molecule has 0 amide bonds. The van der Waals surface area contributed by atoms with Crippen molar-refractivity contribution in [3.8, 4) is 16.9 Å². The fourth-order valence-electron chi connectivity index (χ4n) is 4.18. The normalized spacial score (nSPS) is 14.2. The van der Waals surface area contributed by atoms with Crippen LogP contribution in [-0.4, -0.2) is 41.4 Å². The van der Waals surface area contributed by atoms with Crippen molar-refractivity contribution >= 4 is 11.8 Å². The van der Waals surface area contributed by atoms with Gasteiger partial charge in [-0.15, -0.1) is 10.2 Å². The Labute approximate surface area is 210 Å². The zero-order valence-electron chi connectivity index (χ0n) is 19.9. The fraction of sp³-hybridized carbons (Fsp3) is 0.286. The first-order valence-electron chi connectivity index (χ1n) is 11.9. The van der Waals surface area contributed by atoms with Crippen LogP contribution >= 0.6 is 11.8 Å². The first kappa shape index (κ1) is 23.6. The molecule has 4 aromatic rings. The zero-order chi connectivity index (χ0) is 23.9. The summed E-state index contributed by atoms with van der Waals surface area (Å²) in [4.78, 5) is 2.43. The largest absolute Gasteiger partial charge is 0.484 e. The zero-order valence-corrected chi connectivity index (χ0v) is 20.7. The third-order valence-corrected chi connectivity index (χ3v) is 6.92. The number of ether oxygens (including phenoxy) is 2. The topological polar surface area (TPSA) is 60.6 Å². The molecule has 6 nitrogen and oxygen atoms in total. The minimum atomic E-state index is 0.238. The molecular weight excluding hydrogens is 458 g/mol. The molecule has 0 aliphatic carbocycles. The Kier molecular flexibility index (Phi) is 7.78. The highest BCUT2D eigenvalue weighted by atomic mass is 32.2. The van der Waals surface area contributed by atoms with Crippen molar-refractivity contribution in [2.45, 2.75) is 31.1 Å². The molecule has 1 aliphatic rings. The third-order valence-electron chi connectivity index (χ3n) is 6.03. The van der Waals surface area contributed by atoms with Crippen molar-refractivity contribution in [3.63, 3.8) is 0 Å². The number of thioether (sulfide) groups is 1. The number of hydrogen-bond acceptors (Lipinski definition) is 7. The molecule has 1 aliphatic heterocycles. The summed E-state index contributed by atoms with van der Waals surface area (Å²) in [7, 11) is 0. The summed E-state index contributed by atoms with van der Waals surface area (Å²) in [5.74, 6) is 2.06. The predicted octanol–water partition coefficient (Wildman–Crippen LogP) is 5.75. The molecule has 5 rings (SSSR count). The van der Waals surface area contributed by atoms with Gasteiger partial charge in [0.15, 0.2) is 6.61 Å². The predicted molar refractivity (Wildman–Crippen MR) is 137 cm³/mol. The molecule has 7 heteroatoms. The van der Waals surface area contributed by atoms with Crippen molar-refractivity contribution < 1.29 is 13.9 Å². The van der Waals surface area contributed by atoms with Crippen LogP contribution in [0.3, 0.4) is 0 Å². The lowest BCUT2D eigenvalue weighted by Crippen LogP contribution is -2.35. The molecular formula is C28H29N3O3S. The molecule has 0 spiro atoms. The lowest BCUT2D eigenvalue weighted by atomic mass is 10.00. The van der Waals surface area contributed by atoms with Gasteiger partial charge in [-0.25, -0.2) is 0 Å². The summed E-state index contributed by atoms with van der Waals surface area (Å²) in [5.41, 5.74) is 5.97. The SMILES string of the molecule is Cc1c(OCc2nnc(SCc3cccc(CN4CCOCC4)c3)o2)cccc1-c1ccccc1. The lowest BCUT2D eigenvalue weighted by molar-refractivity contribution is 0.0342. The standard InChI is InChI=1S/C28H29N3O3S/c1-21-25(24-9-3-2-4-10-24)11-6-12-26(21)33-19-27-29-30-28(34-27)35-20-23-8-5-7-22(17-23)18-31-13-15-32-16-14-31/h2-12,17H,13-16,18-20H2,1H3. The van der Waals surface area contributed by atoms with Crippen molar-refractivity contribution in [2.75, 3.05) is 26.3 Å². The van der Waals surface area contributed by atoms with Crippen LogP contribution in [0.25, 0.3) is 11.1 Å². The molecule has 0 saturated carbocycles. The molecule has 1 aromatic heterocycles. The summed E-state index contributed by atoms with van der Waals surface area (Å²) >= 11 is 1.54. The van der Waals surface area contributed by atoms with Gasteiger partial charge in [-0.1, -0.05) is 78.5 Å². The number of rotatable bonds is 9. The average molecular weight is 488 g/mol. The van der Waals surface area contributed by atoms with E-state index in [2.05, 4.69) is 64.5 Å². The number of nitrogens with zero attached hydrogens (tertiary/aromatic N) is 3. The maximum absolute atomic E-state index is 6.03. The van der Waals surface area contributed by atoms with Crippen LogP contribution in [0.4, 0.5) is 0 Å². The van der Waals surface area contributed by atoms with Gasteiger partial charge in [0, 0.05) is 25.4 Å². The van der Waals surface area contributed by atoms with E-state index < -0.39 is 0 Å². The lowest BCUT2D eigenvalue weighted by Gasteiger charge is -2.26. The second-order valence-electron chi connectivity index (χ2n) is 8.54. The number of hydrogen-bond donors (Lipinski definition) is 0. The Bertz CT molecular complexity index is 1240. The Hall–Kier alpha value is -3.13. The molecule has 0 radical (unpaired) electrons. The summed E-state index contributed by atoms with van der Waals surface area (Å²) in [6.07, 6.45) is 0. The van der Waals surface area contributed by atoms with Crippen LogP contribution < -0.4 is 4.74 Å². The van der Waals surface area contributed by atoms with Crippen molar-refractivity contribution in [1.82, 2.24) is 15.1 Å². The van der Waals surface area contributed by atoms with Crippen molar-refractivity contribution in [2.24, 2.45) is 0 Å². The molecule has 0 atom stereocenters. The Morgan fingerprint density at radius 3 is 2.57 bits per heavy atom. The second-order valence-corrected chi connectivity index (χ2v) is 9.47.